The molecule has 188 valence electrons. The number of aliphatic hydroxyl groups is 2. The number of primary amides is 1. The lowest BCUT2D eigenvalue weighted by Crippen LogP contribution is -2.33. The van der Waals surface area contributed by atoms with Crippen LogP contribution in [0.3, 0.4) is 0 Å². The first-order valence-electron chi connectivity index (χ1n) is 11.5. The average molecular weight is 485 g/mol. The van der Waals surface area contributed by atoms with Crippen molar-refractivity contribution in [2.75, 3.05) is 24.6 Å². The maximum absolute atomic E-state index is 11.0. The van der Waals surface area contributed by atoms with Crippen LogP contribution >= 0.6 is 0 Å². The van der Waals surface area contributed by atoms with Gasteiger partial charge in [-0.2, -0.15) is 4.98 Å². The lowest BCUT2D eigenvalue weighted by Gasteiger charge is -2.18. The summed E-state index contributed by atoms with van der Waals surface area (Å²) in [7, 11) is 0. The zero-order valence-corrected chi connectivity index (χ0v) is 20.6. The van der Waals surface area contributed by atoms with E-state index in [2.05, 4.69) is 20.1 Å². The summed E-state index contributed by atoms with van der Waals surface area (Å²) in [6.07, 6.45) is -2.67. The molecule has 3 rings (SSSR count). The molecule has 0 saturated carbocycles. The molecule has 0 bridgehead atoms. The normalized spacial score (nSPS) is 12.9. The zero-order valence-electron chi connectivity index (χ0n) is 20.6. The predicted molar refractivity (Wildman–Crippen MR) is 130 cm³/mol. The molecule has 0 aliphatic carbocycles. The number of aliphatic hydroxyl groups excluding tert-OH is 2. The summed E-state index contributed by atoms with van der Waals surface area (Å²) >= 11 is 0. The van der Waals surface area contributed by atoms with Crippen LogP contribution in [-0.4, -0.2) is 68.1 Å². The Balaban J connectivity index is 1.79. The smallest absolute Gasteiger partial charge is 0.277 e. The molecule has 1 aromatic carbocycles. The standard InChI is InChI=1S/C24H32N6O5/c1-6-30(7-2)24-26-15(5)10-18(27-24)23-28-22(29-35-23)16-8-13(3)20(14(4)9-16)34-12-17(31)11-19(32)21(25)33/h8-10,17,19,31-32H,6-7,11-12H2,1-5H3,(H2,25,33)/t17-,19?/m1/s1. The van der Waals surface area contributed by atoms with Crippen molar-refractivity contribution >= 4 is 11.9 Å². The van der Waals surface area contributed by atoms with Crippen LogP contribution in [0.1, 0.15) is 37.1 Å². The van der Waals surface area contributed by atoms with Crippen molar-refractivity contribution in [1.82, 2.24) is 20.1 Å². The van der Waals surface area contributed by atoms with Gasteiger partial charge in [0.25, 0.3) is 5.89 Å². The number of aromatic nitrogens is 4. The van der Waals surface area contributed by atoms with Gasteiger partial charge < -0.3 is 30.1 Å². The van der Waals surface area contributed by atoms with Crippen LogP contribution in [-0.2, 0) is 4.79 Å². The van der Waals surface area contributed by atoms with Gasteiger partial charge >= 0.3 is 0 Å². The molecule has 11 heteroatoms. The molecule has 2 heterocycles. The fourth-order valence-corrected chi connectivity index (χ4v) is 3.68. The number of benzene rings is 1. The highest BCUT2D eigenvalue weighted by molar-refractivity contribution is 5.78. The molecule has 35 heavy (non-hydrogen) atoms. The summed E-state index contributed by atoms with van der Waals surface area (Å²) in [5, 5.41) is 23.7. The Morgan fingerprint density at radius 2 is 1.74 bits per heavy atom. The Morgan fingerprint density at radius 1 is 1.09 bits per heavy atom. The van der Waals surface area contributed by atoms with Gasteiger partial charge in [0.05, 0.1) is 6.10 Å². The number of hydrogen-bond acceptors (Lipinski definition) is 10. The van der Waals surface area contributed by atoms with Gasteiger partial charge in [-0.15, -0.1) is 0 Å². The van der Waals surface area contributed by atoms with Crippen LogP contribution in [0, 0.1) is 20.8 Å². The molecule has 0 aliphatic rings. The van der Waals surface area contributed by atoms with E-state index in [1.165, 1.54) is 0 Å². The van der Waals surface area contributed by atoms with Crippen LogP contribution in [0.4, 0.5) is 5.95 Å². The van der Waals surface area contributed by atoms with Crippen LogP contribution in [0.2, 0.25) is 0 Å². The van der Waals surface area contributed by atoms with E-state index in [4.69, 9.17) is 15.0 Å². The van der Waals surface area contributed by atoms with Crippen molar-refractivity contribution in [3.05, 3.63) is 35.0 Å². The highest BCUT2D eigenvalue weighted by Gasteiger charge is 2.20. The summed E-state index contributed by atoms with van der Waals surface area (Å²) in [5.74, 6) is 1.01. The molecule has 0 spiro atoms. The molecule has 0 aliphatic heterocycles. The van der Waals surface area contributed by atoms with Gasteiger partial charge in [-0.3, -0.25) is 4.79 Å². The first-order chi connectivity index (χ1) is 16.6. The number of nitrogens with two attached hydrogens (primary N) is 1. The Hall–Kier alpha value is -3.57. The monoisotopic (exact) mass is 484 g/mol. The summed E-state index contributed by atoms with van der Waals surface area (Å²) < 4.78 is 11.3. The fourth-order valence-electron chi connectivity index (χ4n) is 3.68. The third kappa shape index (κ3) is 6.31. The number of aryl methyl sites for hydroxylation is 3. The molecule has 4 N–H and O–H groups in total. The number of hydrogen-bond donors (Lipinski definition) is 3. The number of anilines is 1. The minimum absolute atomic E-state index is 0.0976. The largest absolute Gasteiger partial charge is 0.490 e. The number of nitrogens with zero attached hydrogens (tertiary/aromatic N) is 5. The molecule has 0 fully saturated rings. The van der Waals surface area contributed by atoms with Gasteiger partial charge in [-0.25, -0.2) is 9.97 Å². The van der Waals surface area contributed by atoms with Crippen molar-refractivity contribution < 1.29 is 24.3 Å². The second-order valence-electron chi connectivity index (χ2n) is 8.35. The minimum atomic E-state index is -1.42. The van der Waals surface area contributed by atoms with E-state index in [9.17, 15) is 15.0 Å². The van der Waals surface area contributed by atoms with Gasteiger partial charge in [0, 0.05) is 30.8 Å². The lowest BCUT2D eigenvalue weighted by molar-refractivity contribution is -0.127. The quantitative estimate of drug-likeness (QED) is 0.367. The Bertz CT molecular complexity index is 1150. The summed E-state index contributed by atoms with van der Waals surface area (Å²) in [6.45, 7) is 11.2. The number of carbonyl (C=O) groups excluding carboxylic acids is 1. The zero-order chi connectivity index (χ0) is 25.7. The molecule has 1 amide bonds. The topological polar surface area (TPSA) is 161 Å². The highest BCUT2D eigenvalue weighted by Crippen LogP contribution is 2.30. The SMILES string of the molecule is CCN(CC)c1nc(C)cc(-c2nc(-c3cc(C)c(OC[C@H](O)CC(O)C(N)=O)c(C)c3)no2)n1. The van der Waals surface area contributed by atoms with E-state index in [1.54, 1.807) is 6.07 Å². The molecule has 11 nitrogen and oxygen atoms in total. The van der Waals surface area contributed by atoms with Gasteiger partial charge in [-0.1, -0.05) is 5.16 Å². The first kappa shape index (κ1) is 26.0. The van der Waals surface area contributed by atoms with E-state index in [0.29, 0.717) is 29.1 Å². The molecule has 2 atom stereocenters. The van der Waals surface area contributed by atoms with E-state index in [1.807, 2.05) is 51.7 Å². The Kier molecular flexibility index (Phi) is 8.36. The third-order valence-corrected chi connectivity index (χ3v) is 5.50. The maximum Gasteiger partial charge on any atom is 0.277 e. The molecule has 3 aromatic rings. The van der Waals surface area contributed by atoms with Gasteiger partial charge in [0.15, 0.2) is 0 Å². The van der Waals surface area contributed by atoms with E-state index >= 15 is 0 Å². The third-order valence-electron chi connectivity index (χ3n) is 5.50. The van der Waals surface area contributed by atoms with Crippen LogP contribution in [0.25, 0.3) is 23.0 Å². The van der Waals surface area contributed by atoms with Crippen molar-refractivity contribution in [2.24, 2.45) is 5.73 Å². The molecule has 1 unspecified atom stereocenters. The number of amides is 1. The minimum Gasteiger partial charge on any atom is -0.490 e. The van der Waals surface area contributed by atoms with Crippen LogP contribution < -0.4 is 15.4 Å². The first-order valence-corrected chi connectivity index (χ1v) is 11.5. The molecular weight excluding hydrogens is 452 g/mol. The second kappa shape index (κ2) is 11.2. The van der Waals surface area contributed by atoms with Crippen molar-refractivity contribution in [2.45, 2.75) is 53.2 Å². The highest BCUT2D eigenvalue weighted by atomic mass is 16.5. The van der Waals surface area contributed by atoms with Crippen LogP contribution in [0.5, 0.6) is 5.75 Å². The van der Waals surface area contributed by atoms with Crippen molar-refractivity contribution in [3.63, 3.8) is 0 Å². The molecule has 0 radical (unpaired) electrons. The predicted octanol–water partition coefficient (Wildman–Crippen LogP) is 1.94. The van der Waals surface area contributed by atoms with Gasteiger partial charge in [0.1, 0.15) is 24.2 Å². The molecule has 0 saturated heterocycles. The molecule has 2 aromatic heterocycles. The lowest BCUT2D eigenvalue weighted by atomic mass is 10.1. The van der Waals surface area contributed by atoms with Crippen LogP contribution in [0.15, 0.2) is 22.7 Å². The number of carbonyl (C=O) groups is 1. The van der Waals surface area contributed by atoms with Gasteiger partial charge in [0.2, 0.25) is 17.7 Å². The van der Waals surface area contributed by atoms with Crippen molar-refractivity contribution in [3.8, 4) is 28.7 Å². The van der Waals surface area contributed by atoms with E-state index in [0.717, 1.165) is 35.5 Å². The number of rotatable bonds is 11. The Morgan fingerprint density at radius 3 is 2.34 bits per heavy atom. The van der Waals surface area contributed by atoms with E-state index in [-0.39, 0.29) is 13.0 Å². The maximum atomic E-state index is 11.0. The van der Waals surface area contributed by atoms with E-state index < -0.39 is 18.1 Å². The summed E-state index contributed by atoms with van der Waals surface area (Å²) in [4.78, 5) is 26.7. The Labute approximate surface area is 204 Å². The fraction of sp³-hybridized carbons (Fsp3) is 0.458. The average Bonchev–Trinajstić information content (AvgIpc) is 3.29. The van der Waals surface area contributed by atoms with Gasteiger partial charge in [-0.05, 0) is 63.9 Å². The summed E-state index contributed by atoms with van der Waals surface area (Å²) in [6, 6.07) is 5.51. The number of ether oxygens (including phenoxy) is 1. The van der Waals surface area contributed by atoms with Crippen molar-refractivity contribution in [1.29, 1.82) is 0 Å². The second-order valence-corrected chi connectivity index (χ2v) is 8.35. The molecular formula is C24H32N6O5. The summed E-state index contributed by atoms with van der Waals surface area (Å²) in [5.41, 5.74) is 8.72.